The monoisotopic (exact) mass is 303 g/mol. The summed E-state index contributed by atoms with van der Waals surface area (Å²) in [7, 11) is 0. The van der Waals surface area contributed by atoms with Crippen molar-refractivity contribution in [2.24, 2.45) is 0 Å². The second kappa shape index (κ2) is 5.90. The second-order valence-electron chi connectivity index (χ2n) is 6.10. The summed E-state index contributed by atoms with van der Waals surface area (Å²) in [6.45, 7) is 7.24. The van der Waals surface area contributed by atoms with E-state index in [-0.39, 0.29) is 17.7 Å². The van der Waals surface area contributed by atoms with Crippen LogP contribution in [-0.4, -0.2) is 44.0 Å². The Kier molecular flexibility index (Phi) is 3.96. The lowest BCUT2D eigenvalue weighted by Crippen LogP contribution is -2.39. The number of nitrogens with one attached hydrogen (secondary N) is 1. The van der Waals surface area contributed by atoms with Crippen LogP contribution in [0.2, 0.25) is 0 Å². The van der Waals surface area contributed by atoms with Gasteiger partial charge in [-0.25, -0.2) is 4.98 Å². The SMILES string of the molecule is Cc1nc([C@@H]2CCCN(C(=O)c3cnc(C(C)C)[nH]3)C2)no1. The first kappa shape index (κ1) is 14.7. The van der Waals surface area contributed by atoms with Crippen LogP contribution < -0.4 is 0 Å². The summed E-state index contributed by atoms with van der Waals surface area (Å²) in [6, 6.07) is 0. The van der Waals surface area contributed by atoms with E-state index in [0.29, 0.717) is 24.0 Å². The van der Waals surface area contributed by atoms with Gasteiger partial charge in [-0.3, -0.25) is 4.79 Å². The third kappa shape index (κ3) is 2.88. The molecule has 0 unspecified atom stereocenters. The minimum Gasteiger partial charge on any atom is -0.340 e. The molecule has 7 heteroatoms. The molecule has 1 saturated heterocycles. The van der Waals surface area contributed by atoms with Crippen LogP contribution in [0, 0.1) is 6.92 Å². The Morgan fingerprint density at radius 1 is 1.50 bits per heavy atom. The molecule has 3 rings (SSSR count). The van der Waals surface area contributed by atoms with Crippen molar-refractivity contribution in [2.75, 3.05) is 13.1 Å². The van der Waals surface area contributed by atoms with Gasteiger partial charge in [0.1, 0.15) is 11.5 Å². The Balaban J connectivity index is 1.72. The molecule has 1 aliphatic rings. The van der Waals surface area contributed by atoms with Crippen LogP contribution >= 0.6 is 0 Å². The lowest BCUT2D eigenvalue weighted by molar-refractivity contribution is 0.0698. The highest BCUT2D eigenvalue weighted by molar-refractivity contribution is 5.92. The number of aromatic amines is 1. The summed E-state index contributed by atoms with van der Waals surface area (Å²) in [5.41, 5.74) is 0.550. The number of rotatable bonds is 3. The fourth-order valence-corrected chi connectivity index (χ4v) is 2.76. The number of aromatic nitrogens is 4. The van der Waals surface area contributed by atoms with Crippen molar-refractivity contribution in [1.29, 1.82) is 0 Å². The number of amides is 1. The summed E-state index contributed by atoms with van der Waals surface area (Å²) in [4.78, 5) is 26.1. The molecule has 0 aromatic carbocycles. The average Bonchev–Trinajstić information content (AvgIpc) is 3.15. The second-order valence-corrected chi connectivity index (χ2v) is 6.10. The first-order valence-corrected chi connectivity index (χ1v) is 7.69. The van der Waals surface area contributed by atoms with Crippen molar-refractivity contribution in [3.05, 3.63) is 29.4 Å². The molecule has 22 heavy (non-hydrogen) atoms. The summed E-state index contributed by atoms with van der Waals surface area (Å²) < 4.78 is 5.05. The van der Waals surface area contributed by atoms with E-state index in [2.05, 4.69) is 20.1 Å². The minimum atomic E-state index is -0.00989. The lowest BCUT2D eigenvalue weighted by atomic mass is 9.97. The quantitative estimate of drug-likeness (QED) is 0.939. The van der Waals surface area contributed by atoms with Crippen molar-refractivity contribution in [2.45, 2.75) is 45.4 Å². The van der Waals surface area contributed by atoms with E-state index in [1.54, 1.807) is 13.1 Å². The van der Waals surface area contributed by atoms with Gasteiger partial charge in [0.25, 0.3) is 5.91 Å². The average molecular weight is 303 g/mol. The number of piperidine rings is 1. The zero-order valence-corrected chi connectivity index (χ0v) is 13.2. The van der Waals surface area contributed by atoms with Crippen LogP contribution in [0.5, 0.6) is 0 Å². The lowest BCUT2D eigenvalue weighted by Gasteiger charge is -2.30. The van der Waals surface area contributed by atoms with E-state index >= 15 is 0 Å². The summed E-state index contributed by atoms with van der Waals surface area (Å²) in [6.07, 6.45) is 3.54. The van der Waals surface area contributed by atoms with Gasteiger partial charge in [-0.15, -0.1) is 0 Å². The molecule has 1 N–H and O–H groups in total. The maximum absolute atomic E-state index is 12.6. The summed E-state index contributed by atoms with van der Waals surface area (Å²) in [5.74, 6) is 2.51. The first-order valence-electron chi connectivity index (χ1n) is 7.69. The molecule has 3 heterocycles. The molecule has 0 bridgehead atoms. The van der Waals surface area contributed by atoms with Crippen molar-refractivity contribution in [3.8, 4) is 0 Å². The van der Waals surface area contributed by atoms with Crippen molar-refractivity contribution < 1.29 is 9.32 Å². The van der Waals surface area contributed by atoms with E-state index in [9.17, 15) is 4.79 Å². The number of aryl methyl sites for hydroxylation is 1. The zero-order chi connectivity index (χ0) is 15.7. The third-order valence-corrected chi connectivity index (χ3v) is 3.99. The van der Waals surface area contributed by atoms with Gasteiger partial charge in [0, 0.05) is 31.8 Å². The molecule has 1 fully saturated rings. The van der Waals surface area contributed by atoms with E-state index in [1.165, 1.54) is 0 Å². The molecule has 0 radical (unpaired) electrons. The molecule has 1 amide bonds. The largest absolute Gasteiger partial charge is 0.340 e. The molecular weight excluding hydrogens is 282 g/mol. The van der Waals surface area contributed by atoms with Crippen LogP contribution in [0.1, 0.15) is 66.6 Å². The Morgan fingerprint density at radius 2 is 2.32 bits per heavy atom. The fourth-order valence-electron chi connectivity index (χ4n) is 2.76. The number of nitrogens with zero attached hydrogens (tertiary/aromatic N) is 4. The van der Waals surface area contributed by atoms with Gasteiger partial charge in [-0.05, 0) is 12.8 Å². The molecule has 7 nitrogen and oxygen atoms in total. The fraction of sp³-hybridized carbons (Fsp3) is 0.600. The van der Waals surface area contributed by atoms with Crippen LogP contribution in [0.25, 0.3) is 0 Å². The molecule has 0 spiro atoms. The van der Waals surface area contributed by atoms with Gasteiger partial charge >= 0.3 is 0 Å². The van der Waals surface area contributed by atoms with Crippen LogP contribution in [0.4, 0.5) is 0 Å². The topological polar surface area (TPSA) is 87.9 Å². The zero-order valence-electron chi connectivity index (χ0n) is 13.2. The number of imidazole rings is 1. The van der Waals surface area contributed by atoms with E-state index < -0.39 is 0 Å². The molecule has 2 aromatic rings. The van der Waals surface area contributed by atoms with Gasteiger partial charge in [0.2, 0.25) is 5.89 Å². The molecule has 2 aromatic heterocycles. The molecule has 0 saturated carbocycles. The maximum Gasteiger partial charge on any atom is 0.271 e. The van der Waals surface area contributed by atoms with Gasteiger partial charge in [-0.2, -0.15) is 4.98 Å². The molecule has 118 valence electrons. The van der Waals surface area contributed by atoms with Crippen LogP contribution in [0.15, 0.2) is 10.7 Å². The summed E-state index contributed by atoms with van der Waals surface area (Å²) >= 11 is 0. The van der Waals surface area contributed by atoms with Crippen molar-refractivity contribution >= 4 is 5.91 Å². The van der Waals surface area contributed by atoms with E-state index in [0.717, 1.165) is 25.2 Å². The normalized spacial score (nSPS) is 18.9. The van der Waals surface area contributed by atoms with Gasteiger partial charge in [0.05, 0.1) is 6.20 Å². The highest BCUT2D eigenvalue weighted by Crippen LogP contribution is 2.25. The highest BCUT2D eigenvalue weighted by Gasteiger charge is 2.29. The number of hydrogen-bond donors (Lipinski definition) is 1. The number of carbonyl (C=O) groups is 1. The third-order valence-electron chi connectivity index (χ3n) is 3.99. The number of likely N-dealkylation sites (tertiary alicyclic amines) is 1. The van der Waals surface area contributed by atoms with Gasteiger partial charge in [0.15, 0.2) is 5.82 Å². The predicted molar refractivity (Wildman–Crippen MR) is 79.6 cm³/mol. The smallest absolute Gasteiger partial charge is 0.271 e. The Bertz CT molecular complexity index is 660. The molecule has 1 atom stereocenters. The first-order chi connectivity index (χ1) is 10.5. The molecular formula is C15H21N5O2. The maximum atomic E-state index is 12.6. The minimum absolute atomic E-state index is 0.00989. The Morgan fingerprint density at radius 3 is 2.95 bits per heavy atom. The van der Waals surface area contributed by atoms with Crippen LogP contribution in [0.3, 0.4) is 0 Å². The van der Waals surface area contributed by atoms with Crippen molar-refractivity contribution in [3.63, 3.8) is 0 Å². The number of carbonyl (C=O) groups excluding carboxylic acids is 1. The molecule has 1 aliphatic heterocycles. The predicted octanol–water partition coefficient (Wildman–Crippen LogP) is 2.24. The summed E-state index contributed by atoms with van der Waals surface area (Å²) in [5, 5.41) is 3.99. The molecule has 0 aliphatic carbocycles. The Hall–Kier alpha value is -2.18. The number of hydrogen-bond acceptors (Lipinski definition) is 5. The van der Waals surface area contributed by atoms with E-state index in [4.69, 9.17) is 4.52 Å². The Labute approximate surface area is 129 Å². The van der Waals surface area contributed by atoms with Crippen LogP contribution in [-0.2, 0) is 0 Å². The van der Waals surface area contributed by atoms with Crippen molar-refractivity contribution in [1.82, 2.24) is 25.0 Å². The standard InChI is InChI=1S/C15H21N5O2/c1-9(2)13-16-7-12(18-13)15(21)20-6-4-5-11(8-20)14-17-10(3)22-19-14/h7,9,11H,4-6,8H2,1-3H3,(H,16,18)/t11-/m1/s1. The van der Waals surface area contributed by atoms with Gasteiger partial charge in [-0.1, -0.05) is 19.0 Å². The highest BCUT2D eigenvalue weighted by atomic mass is 16.5. The van der Waals surface area contributed by atoms with Gasteiger partial charge < -0.3 is 14.4 Å². The number of H-pyrrole nitrogens is 1. The van der Waals surface area contributed by atoms with E-state index in [1.807, 2.05) is 18.7 Å².